The van der Waals surface area contributed by atoms with E-state index in [1.54, 1.807) is 54.6 Å². The van der Waals surface area contributed by atoms with E-state index < -0.39 is 40.0 Å². The molecule has 3 aromatic carbocycles. The lowest BCUT2D eigenvalue weighted by molar-refractivity contribution is -0.143. The highest BCUT2D eigenvalue weighted by Crippen LogP contribution is 2.30. The number of ether oxygens (including phenoxy) is 2. The Bertz CT molecular complexity index is 1490. The minimum Gasteiger partial charge on any atom is -0.469 e. The summed E-state index contributed by atoms with van der Waals surface area (Å²) in [5.41, 5.74) is 0.326. The first kappa shape index (κ1) is 29.0. The fourth-order valence-electron chi connectivity index (χ4n) is 4.67. The van der Waals surface area contributed by atoms with Gasteiger partial charge in [-0.15, -0.1) is 0 Å². The molecule has 0 aromatic heterocycles. The number of sulfonamides is 1. The molecule has 9 nitrogen and oxygen atoms in total. The van der Waals surface area contributed by atoms with Gasteiger partial charge in [-0.1, -0.05) is 39.7 Å². The number of methoxy groups -OCH3 is 2. The lowest BCUT2D eigenvalue weighted by Gasteiger charge is -2.45. The van der Waals surface area contributed by atoms with Gasteiger partial charge in [0, 0.05) is 28.1 Å². The SMILES string of the molecule is COC(=O)CC1CN(S(=O)(=O)c2ccc3cc(Cl)ccc3c2)CC(CC(=O)OC)N1C(=O)c1ccc(Br)cc1. The number of rotatable bonds is 7. The number of hydrogen-bond acceptors (Lipinski definition) is 7. The molecule has 1 amide bonds. The third-order valence-electron chi connectivity index (χ3n) is 6.61. The van der Waals surface area contributed by atoms with Crippen LogP contribution in [0, 0.1) is 0 Å². The third-order valence-corrected chi connectivity index (χ3v) is 9.20. The Morgan fingerprint density at radius 3 is 1.97 bits per heavy atom. The normalized spacial score (nSPS) is 18.1. The largest absolute Gasteiger partial charge is 0.469 e. The molecule has 12 heteroatoms. The maximum Gasteiger partial charge on any atom is 0.307 e. The van der Waals surface area contributed by atoms with Crippen molar-refractivity contribution in [2.75, 3.05) is 27.3 Å². The second-order valence-corrected chi connectivity index (χ2v) is 12.4. The van der Waals surface area contributed by atoms with E-state index in [0.717, 1.165) is 9.86 Å². The van der Waals surface area contributed by atoms with Crippen molar-refractivity contribution in [1.82, 2.24) is 9.21 Å². The number of halogens is 2. The second-order valence-electron chi connectivity index (χ2n) is 9.06. The van der Waals surface area contributed by atoms with E-state index in [1.807, 2.05) is 0 Å². The van der Waals surface area contributed by atoms with E-state index in [2.05, 4.69) is 15.9 Å². The molecule has 0 radical (unpaired) electrons. The number of benzene rings is 3. The number of fused-ring (bicyclic) bond motifs is 1. The van der Waals surface area contributed by atoms with E-state index in [1.165, 1.54) is 29.5 Å². The van der Waals surface area contributed by atoms with E-state index in [4.69, 9.17) is 21.1 Å². The summed E-state index contributed by atoms with van der Waals surface area (Å²) in [5.74, 6) is -1.68. The van der Waals surface area contributed by atoms with Gasteiger partial charge < -0.3 is 14.4 Å². The summed E-state index contributed by atoms with van der Waals surface area (Å²) in [7, 11) is -1.65. The number of nitrogens with zero attached hydrogens (tertiary/aromatic N) is 2. The molecule has 0 spiro atoms. The number of carbonyl (C=O) groups excluding carboxylic acids is 3. The molecule has 4 rings (SSSR count). The number of amides is 1. The smallest absolute Gasteiger partial charge is 0.307 e. The monoisotopic (exact) mass is 636 g/mol. The van der Waals surface area contributed by atoms with Crippen LogP contribution in [0.2, 0.25) is 5.02 Å². The van der Waals surface area contributed by atoms with E-state index in [-0.39, 0.29) is 30.8 Å². The molecule has 2 unspecified atom stereocenters. The van der Waals surface area contributed by atoms with Crippen molar-refractivity contribution in [2.45, 2.75) is 29.8 Å². The predicted molar refractivity (Wildman–Crippen MR) is 149 cm³/mol. The van der Waals surface area contributed by atoms with Crippen LogP contribution in [-0.4, -0.2) is 74.9 Å². The molecule has 1 fully saturated rings. The number of carbonyl (C=O) groups is 3. The summed E-state index contributed by atoms with van der Waals surface area (Å²) in [6, 6.07) is 14.7. The lowest BCUT2D eigenvalue weighted by Crippen LogP contribution is -2.62. The first-order chi connectivity index (χ1) is 18.5. The number of piperazine rings is 1. The van der Waals surface area contributed by atoms with Crippen molar-refractivity contribution >= 4 is 66.2 Å². The Kier molecular flexibility index (Phi) is 8.95. The van der Waals surface area contributed by atoms with Crippen molar-refractivity contribution < 1.29 is 32.3 Å². The molecule has 39 heavy (non-hydrogen) atoms. The highest BCUT2D eigenvalue weighted by molar-refractivity contribution is 9.10. The molecule has 2 atom stereocenters. The van der Waals surface area contributed by atoms with Crippen molar-refractivity contribution in [3.05, 3.63) is 75.7 Å². The van der Waals surface area contributed by atoms with Gasteiger partial charge in [-0.3, -0.25) is 14.4 Å². The molecule has 3 aromatic rings. The zero-order chi connectivity index (χ0) is 28.3. The van der Waals surface area contributed by atoms with Gasteiger partial charge in [-0.25, -0.2) is 8.42 Å². The van der Waals surface area contributed by atoms with Gasteiger partial charge in [-0.05, 0) is 59.3 Å². The maximum absolute atomic E-state index is 13.8. The average Bonchev–Trinajstić information content (AvgIpc) is 2.92. The first-order valence-electron chi connectivity index (χ1n) is 11.9. The van der Waals surface area contributed by atoms with Gasteiger partial charge in [0.2, 0.25) is 10.0 Å². The molecule has 0 saturated carbocycles. The molecular weight excluding hydrogens is 612 g/mol. The number of hydrogen-bond donors (Lipinski definition) is 0. The summed E-state index contributed by atoms with van der Waals surface area (Å²) in [5, 5.41) is 1.99. The Morgan fingerprint density at radius 1 is 0.872 bits per heavy atom. The van der Waals surface area contributed by atoms with E-state index in [9.17, 15) is 22.8 Å². The topological polar surface area (TPSA) is 110 Å². The van der Waals surface area contributed by atoms with Gasteiger partial charge >= 0.3 is 11.9 Å². The molecule has 206 valence electrons. The Balaban J connectivity index is 1.75. The summed E-state index contributed by atoms with van der Waals surface area (Å²) in [4.78, 5) is 39.9. The van der Waals surface area contributed by atoms with Crippen LogP contribution in [0.15, 0.2) is 70.0 Å². The zero-order valence-corrected chi connectivity index (χ0v) is 24.3. The van der Waals surface area contributed by atoms with Gasteiger partial charge in [0.15, 0.2) is 0 Å². The molecule has 0 bridgehead atoms. The van der Waals surface area contributed by atoms with Gasteiger partial charge in [0.25, 0.3) is 5.91 Å². The number of esters is 2. The fraction of sp³-hybridized carbons (Fsp3) is 0.296. The van der Waals surface area contributed by atoms with Gasteiger partial charge in [0.05, 0.1) is 44.0 Å². The molecule has 1 heterocycles. The van der Waals surface area contributed by atoms with Crippen molar-refractivity contribution in [1.29, 1.82) is 0 Å². The van der Waals surface area contributed by atoms with Crippen LogP contribution in [-0.2, 0) is 29.1 Å². The highest BCUT2D eigenvalue weighted by Gasteiger charge is 2.44. The molecular formula is C27H26BrClN2O7S. The lowest BCUT2D eigenvalue weighted by atomic mass is 10.00. The Labute approximate surface area is 239 Å². The third kappa shape index (κ3) is 6.43. The van der Waals surface area contributed by atoms with Crippen LogP contribution in [0.1, 0.15) is 23.2 Å². The molecule has 1 aliphatic heterocycles. The quantitative estimate of drug-likeness (QED) is 0.356. The molecule has 1 saturated heterocycles. The zero-order valence-electron chi connectivity index (χ0n) is 21.2. The fourth-order valence-corrected chi connectivity index (χ4v) is 6.67. The average molecular weight is 638 g/mol. The standard InChI is InChI=1S/C27H26BrClN2O7S/c1-37-25(32)13-22-15-30(39(35,36)24-10-6-18-11-21(29)9-5-19(18)12-24)16-23(14-26(33)38-2)31(22)27(34)17-3-7-20(28)8-4-17/h3-12,22-23H,13-16H2,1-2H3. The van der Waals surface area contributed by atoms with Gasteiger partial charge in [-0.2, -0.15) is 4.31 Å². The first-order valence-corrected chi connectivity index (χ1v) is 14.6. The van der Waals surface area contributed by atoms with Crippen LogP contribution in [0.25, 0.3) is 10.8 Å². The van der Waals surface area contributed by atoms with E-state index >= 15 is 0 Å². The Morgan fingerprint density at radius 2 is 1.41 bits per heavy atom. The molecule has 1 aliphatic rings. The minimum absolute atomic E-state index is 0.0404. The summed E-state index contributed by atoms with van der Waals surface area (Å²) in [6.45, 7) is -0.341. The predicted octanol–water partition coefficient (Wildman–Crippen LogP) is 4.27. The Hall–Kier alpha value is -2.99. The van der Waals surface area contributed by atoms with Crippen LogP contribution in [0.4, 0.5) is 0 Å². The second kappa shape index (κ2) is 12.0. The van der Waals surface area contributed by atoms with Crippen molar-refractivity contribution in [2.24, 2.45) is 0 Å². The molecule has 0 aliphatic carbocycles. The van der Waals surface area contributed by atoms with Crippen LogP contribution in [0.3, 0.4) is 0 Å². The summed E-state index contributed by atoms with van der Waals surface area (Å²) in [6.07, 6.45) is -0.530. The molecule has 0 N–H and O–H groups in total. The van der Waals surface area contributed by atoms with Crippen molar-refractivity contribution in [3.8, 4) is 0 Å². The minimum atomic E-state index is -4.08. The summed E-state index contributed by atoms with van der Waals surface area (Å²) >= 11 is 9.41. The maximum atomic E-state index is 13.8. The van der Waals surface area contributed by atoms with Crippen LogP contribution >= 0.6 is 27.5 Å². The van der Waals surface area contributed by atoms with Gasteiger partial charge in [0.1, 0.15) is 0 Å². The van der Waals surface area contributed by atoms with E-state index in [0.29, 0.717) is 16.0 Å². The summed E-state index contributed by atoms with van der Waals surface area (Å²) < 4.78 is 39.4. The van der Waals surface area contributed by atoms with Crippen molar-refractivity contribution in [3.63, 3.8) is 0 Å². The highest BCUT2D eigenvalue weighted by atomic mass is 79.9. The van der Waals surface area contributed by atoms with Crippen LogP contribution in [0.5, 0.6) is 0 Å². The van der Waals surface area contributed by atoms with Crippen LogP contribution < -0.4 is 0 Å².